The lowest BCUT2D eigenvalue weighted by Crippen LogP contribution is -1.97. The molecule has 0 bridgehead atoms. The van der Waals surface area contributed by atoms with Crippen LogP contribution in [0.3, 0.4) is 0 Å². The van der Waals surface area contributed by atoms with Crippen LogP contribution in [0, 0.1) is 17.1 Å². The van der Waals surface area contributed by atoms with Gasteiger partial charge in [0, 0.05) is 0 Å². The lowest BCUT2D eigenvalue weighted by molar-refractivity contribution is 0.101. The molecular formula is C15H10FNO. The lowest BCUT2D eigenvalue weighted by atomic mass is 10.0. The largest absolute Gasteiger partial charge is 0.294 e. The van der Waals surface area contributed by atoms with Crippen LogP contribution in [-0.4, -0.2) is 5.78 Å². The molecule has 0 aliphatic rings. The Kier molecular flexibility index (Phi) is 3.20. The fraction of sp³-hybridized carbons (Fsp3) is 0.0667. The van der Waals surface area contributed by atoms with Crippen LogP contribution >= 0.6 is 0 Å². The van der Waals surface area contributed by atoms with Crippen molar-refractivity contribution in [3.05, 3.63) is 59.4 Å². The molecule has 0 fully saturated rings. The number of carbonyl (C=O) groups is 1. The summed E-state index contributed by atoms with van der Waals surface area (Å²) in [7, 11) is 0. The van der Waals surface area contributed by atoms with Gasteiger partial charge in [-0.2, -0.15) is 5.26 Å². The molecule has 0 N–H and O–H groups in total. The molecule has 0 radical (unpaired) electrons. The third kappa shape index (κ3) is 2.28. The number of benzene rings is 2. The molecule has 0 saturated heterocycles. The number of nitriles is 1. The molecule has 0 aliphatic carbocycles. The Hall–Kier alpha value is -2.47. The number of carbonyl (C=O) groups excluding carboxylic acids is 1. The third-order valence-corrected chi connectivity index (χ3v) is 2.69. The summed E-state index contributed by atoms with van der Waals surface area (Å²) in [5.74, 6) is -0.817. The Balaban J connectivity index is 2.48. The van der Waals surface area contributed by atoms with Crippen LogP contribution in [0.1, 0.15) is 22.8 Å². The topological polar surface area (TPSA) is 40.9 Å². The summed E-state index contributed by atoms with van der Waals surface area (Å²) in [5.41, 5.74) is 2.24. The van der Waals surface area contributed by atoms with Crippen molar-refractivity contribution in [3.63, 3.8) is 0 Å². The monoisotopic (exact) mass is 239 g/mol. The summed E-state index contributed by atoms with van der Waals surface area (Å²) in [4.78, 5) is 11.3. The Morgan fingerprint density at radius 3 is 2.28 bits per heavy atom. The van der Waals surface area contributed by atoms with E-state index in [0.717, 1.165) is 11.1 Å². The van der Waals surface area contributed by atoms with E-state index in [9.17, 15) is 9.18 Å². The SMILES string of the molecule is CC(=O)c1cc(-c2ccc(C#N)cc2)ccc1F. The predicted octanol–water partition coefficient (Wildman–Crippen LogP) is 3.57. The van der Waals surface area contributed by atoms with Gasteiger partial charge in [-0.05, 0) is 42.3 Å². The minimum Gasteiger partial charge on any atom is -0.294 e. The average molecular weight is 239 g/mol. The van der Waals surface area contributed by atoms with Gasteiger partial charge in [-0.25, -0.2) is 4.39 Å². The highest BCUT2D eigenvalue weighted by Gasteiger charge is 2.09. The maximum absolute atomic E-state index is 13.4. The smallest absolute Gasteiger partial charge is 0.162 e. The van der Waals surface area contributed by atoms with Crippen molar-refractivity contribution in [1.29, 1.82) is 5.26 Å². The standard InChI is InChI=1S/C15H10FNO/c1-10(18)14-8-13(6-7-15(14)16)12-4-2-11(9-17)3-5-12/h2-8H,1H3. The van der Waals surface area contributed by atoms with Crippen molar-refractivity contribution in [1.82, 2.24) is 0 Å². The van der Waals surface area contributed by atoms with Crippen LogP contribution in [0.4, 0.5) is 4.39 Å². The molecule has 2 aromatic rings. The maximum Gasteiger partial charge on any atom is 0.162 e. The van der Waals surface area contributed by atoms with Gasteiger partial charge in [-0.1, -0.05) is 18.2 Å². The van der Waals surface area contributed by atoms with E-state index >= 15 is 0 Å². The number of rotatable bonds is 2. The van der Waals surface area contributed by atoms with Crippen molar-refractivity contribution in [2.24, 2.45) is 0 Å². The molecule has 0 aromatic heterocycles. The van der Waals surface area contributed by atoms with E-state index in [1.807, 2.05) is 6.07 Å². The van der Waals surface area contributed by atoms with Crippen molar-refractivity contribution in [3.8, 4) is 17.2 Å². The van der Waals surface area contributed by atoms with Crippen molar-refractivity contribution in [2.45, 2.75) is 6.92 Å². The fourth-order valence-electron chi connectivity index (χ4n) is 1.71. The van der Waals surface area contributed by atoms with Crippen LogP contribution < -0.4 is 0 Å². The van der Waals surface area contributed by atoms with Gasteiger partial charge in [0.2, 0.25) is 0 Å². The molecule has 0 heterocycles. The lowest BCUT2D eigenvalue weighted by Gasteiger charge is -2.05. The van der Waals surface area contributed by atoms with E-state index in [-0.39, 0.29) is 11.3 Å². The highest BCUT2D eigenvalue weighted by Crippen LogP contribution is 2.22. The summed E-state index contributed by atoms with van der Waals surface area (Å²) in [6.45, 7) is 1.33. The summed E-state index contributed by atoms with van der Waals surface area (Å²) in [5, 5.41) is 8.71. The third-order valence-electron chi connectivity index (χ3n) is 2.69. The fourth-order valence-corrected chi connectivity index (χ4v) is 1.71. The van der Waals surface area contributed by atoms with Crippen LogP contribution in [-0.2, 0) is 0 Å². The van der Waals surface area contributed by atoms with Gasteiger partial charge in [-0.15, -0.1) is 0 Å². The van der Waals surface area contributed by atoms with Crippen LogP contribution in [0.2, 0.25) is 0 Å². The van der Waals surface area contributed by atoms with Crippen LogP contribution in [0.25, 0.3) is 11.1 Å². The highest BCUT2D eigenvalue weighted by molar-refractivity contribution is 5.95. The second-order valence-corrected chi connectivity index (χ2v) is 3.94. The molecule has 18 heavy (non-hydrogen) atoms. The summed E-state index contributed by atoms with van der Waals surface area (Å²) in [6, 6.07) is 13.4. The van der Waals surface area contributed by atoms with Gasteiger partial charge in [0.1, 0.15) is 5.82 Å². The van der Waals surface area contributed by atoms with Gasteiger partial charge in [0.05, 0.1) is 17.2 Å². The Morgan fingerprint density at radius 1 is 1.11 bits per heavy atom. The normalized spacial score (nSPS) is 9.83. The summed E-state index contributed by atoms with van der Waals surface area (Å²) < 4.78 is 13.4. The predicted molar refractivity (Wildman–Crippen MR) is 66.6 cm³/mol. The van der Waals surface area contributed by atoms with Gasteiger partial charge >= 0.3 is 0 Å². The van der Waals surface area contributed by atoms with Gasteiger partial charge in [-0.3, -0.25) is 4.79 Å². The van der Waals surface area contributed by atoms with Gasteiger partial charge in [0.25, 0.3) is 0 Å². The minimum absolute atomic E-state index is 0.0804. The molecule has 0 spiro atoms. The Bertz CT molecular complexity index is 639. The molecule has 0 saturated carbocycles. The van der Waals surface area contributed by atoms with Crippen LogP contribution in [0.15, 0.2) is 42.5 Å². The van der Waals surface area contributed by atoms with E-state index in [4.69, 9.17) is 5.26 Å². The molecular weight excluding hydrogens is 229 g/mol. The Morgan fingerprint density at radius 2 is 1.72 bits per heavy atom. The highest BCUT2D eigenvalue weighted by atomic mass is 19.1. The summed E-state index contributed by atoms with van der Waals surface area (Å²) >= 11 is 0. The number of hydrogen-bond acceptors (Lipinski definition) is 2. The molecule has 2 nitrogen and oxygen atoms in total. The zero-order chi connectivity index (χ0) is 13.1. The zero-order valence-electron chi connectivity index (χ0n) is 9.77. The first-order valence-corrected chi connectivity index (χ1v) is 5.43. The first-order chi connectivity index (χ1) is 8.61. The van der Waals surface area contributed by atoms with Gasteiger partial charge < -0.3 is 0 Å². The van der Waals surface area contributed by atoms with E-state index in [1.54, 1.807) is 30.3 Å². The summed E-state index contributed by atoms with van der Waals surface area (Å²) in [6.07, 6.45) is 0. The Labute approximate surface area is 104 Å². The number of hydrogen-bond donors (Lipinski definition) is 0. The van der Waals surface area contributed by atoms with E-state index in [1.165, 1.54) is 19.1 Å². The zero-order valence-corrected chi connectivity index (χ0v) is 9.77. The van der Waals surface area contributed by atoms with Crippen LogP contribution in [0.5, 0.6) is 0 Å². The number of nitrogens with zero attached hydrogens (tertiary/aromatic N) is 1. The molecule has 3 heteroatoms. The van der Waals surface area contributed by atoms with E-state index in [0.29, 0.717) is 5.56 Å². The minimum atomic E-state index is -0.514. The van der Waals surface area contributed by atoms with Crippen molar-refractivity contribution >= 4 is 5.78 Å². The molecule has 88 valence electrons. The van der Waals surface area contributed by atoms with Crippen molar-refractivity contribution in [2.75, 3.05) is 0 Å². The average Bonchev–Trinajstić information content (AvgIpc) is 2.39. The maximum atomic E-state index is 13.4. The number of ketones is 1. The molecule has 2 rings (SSSR count). The second kappa shape index (κ2) is 4.80. The first-order valence-electron chi connectivity index (χ1n) is 5.43. The number of halogens is 1. The second-order valence-electron chi connectivity index (χ2n) is 3.94. The first kappa shape index (κ1) is 12.0. The van der Waals surface area contributed by atoms with E-state index < -0.39 is 5.82 Å². The quantitative estimate of drug-likeness (QED) is 0.752. The molecule has 0 atom stereocenters. The number of Topliss-reactive ketones (excluding diaryl/α,β-unsaturated/α-hetero) is 1. The van der Waals surface area contributed by atoms with Gasteiger partial charge in [0.15, 0.2) is 5.78 Å². The molecule has 0 aliphatic heterocycles. The molecule has 0 unspecified atom stereocenters. The van der Waals surface area contributed by atoms with Crippen molar-refractivity contribution < 1.29 is 9.18 Å². The molecule has 2 aromatic carbocycles. The van der Waals surface area contributed by atoms with E-state index in [2.05, 4.69) is 0 Å². The molecule has 0 amide bonds.